The molecule has 24 atom stereocenters. The van der Waals surface area contributed by atoms with Crippen molar-refractivity contribution < 1.29 is 106 Å². The highest BCUT2D eigenvalue weighted by Crippen LogP contribution is 2.60. The van der Waals surface area contributed by atoms with Crippen LogP contribution in [0, 0.1) is 0 Å². The molecule has 139 heavy (non-hydrogen) atoms. The average molecular weight is 1950 g/mol. The minimum Gasteiger partial charge on any atom is -0.393 e. The number of carbonyl (C=O) groups excluding carboxylic acids is 1. The second-order valence-electron chi connectivity index (χ2n) is 38.0. The second kappa shape index (κ2) is 39.0. The SMILES string of the molecule is C=C[C@]1(CC)O[C@@H](n2ccc(=O)[nH]c2=O)[C@@H]2OC3(CCCC3)O[C@@H]21.C=C[C@]1(CC)O[C@@H](n2ccc(N)nc2=O)[C@@H]2OC3(CCCC3)O[C@@H]21.C=C[C@]1(CO)O[C@@H](n2ccc(N)nc2=O)[C@@H]2OC3(CCCC3)O[C@@H]21.C=C[C@]1(CO)O[C@@H](n2ccc(N)nc2=O)[C@H](O)[C@@H]1O.CC[C@@]1(C=O)O[C@@H](n2ccc(=O)[nH]c2=O)[C@@H]2OC3(CCCC3)O[C@@H]21.CC[C@@]1(CO)O[C@@H](n2ccc(=O)[nH]c2=O)[C@@H]2OC3(CCCC3)O[C@@H]21. The molecule has 0 aromatic carbocycles. The number of aliphatic hydroxyl groups is 5. The van der Waals surface area contributed by atoms with Crippen LogP contribution in [0.25, 0.3) is 0 Å². The van der Waals surface area contributed by atoms with E-state index in [9.17, 15) is 73.5 Å². The number of nitrogens with zero attached hydrogens (tertiary/aromatic N) is 9. The topological polar surface area (TPSA) is 613 Å². The Morgan fingerprint density at radius 1 is 0.338 bits per heavy atom. The first kappa shape index (κ1) is 100. The molecule has 5 spiro atoms. The first-order valence-corrected chi connectivity index (χ1v) is 47.6. The number of nitrogens with two attached hydrogens (primary N) is 3. The summed E-state index contributed by atoms with van der Waals surface area (Å²) in [6, 6.07) is 8.28. The average Bonchev–Trinajstić information content (AvgIpc) is 1.57. The highest BCUT2D eigenvalue weighted by Gasteiger charge is 2.71. The van der Waals surface area contributed by atoms with E-state index in [1.54, 1.807) is 24.4 Å². The maximum Gasteiger partial charge on any atom is 0.351 e. The fraction of sp³-hybridized carbons (Fsp3) is 0.645. The quantitative estimate of drug-likeness (QED) is 0.0434. The van der Waals surface area contributed by atoms with Gasteiger partial charge in [-0.1, -0.05) is 52.0 Å². The summed E-state index contributed by atoms with van der Waals surface area (Å²) in [7, 11) is 0. The predicted octanol–water partition coefficient (Wildman–Crippen LogP) is 2.24. The Hall–Kier alpha value is -10.1. The summed E-state index contributed by atoms with van der Waals surface area (Å²) in [4.78, 5) is 136. The fourth-order valence-corrected chi connectivity index (χ4v) is 22.4. The van der Waals surface area contributed by atoms with Gasteiger partial charge in [0.25, 0.3) is 16.7 Å². The summed E-state index contributed by atoms with van der Waals surface area (Å²) in [5, 5.41) is 49.0. The van der Waals surface area contributed by atoms with Crippen molar-refractivity contribution in [3.8, 4) is 0 Å². The maximum atomic E-state index is 12.3. The lowest BCUT2D eigenvalue weighted by molar-refractivity contribution is -0.240. The van der Waals surface area contributed by atoms with E-state index in [0.29, 0.717) is 25.7 Å². The van der Waals surface area contributed by atoms with Gasteiger partial charge in [-0.3, -0.25) is 56.7 Å². The van der Waals surface area contributed by atoms with E-state index in [4.69, 9.17) is 93.0 Å². The Kier molecular flexibility index (Phi) is 28.1. The molecule has 11 saturated heterocycles. The molecule has 0 bridgehead atoms. The maximum absolute atomic E-state index is 12.3. The fourth-order valence-electron chi connectivity index (χ4n) is 22.4. The van der Waals surface area contributed by atoms with Crippen LogP contribution in [0.2, 0.25) is 0 Å². The van der Waals surface area contributed by atoms with Crippen LogP contribution in [0.4, 0.5) is 17.5 Å². The Morgan fingerprint density at radius 3 is 0.871 bits per heavy atom. The number of ether oxygens (including phenoxy) is 16. The standard InChI is InChI=1S/C17H23N3O4.C17H22N2O5.C16H21N3O5.C16H22N2O6.C16H20N2O6.C11H15N3O5/c1-3-16(4-2)13-12(22-17(23-13)8-5-6-9-17)14(24-16)20-10-7-11(18)19-15(20)21;1-3-16(4-2)13-12(22-17(23-13)8-5-6-9-17)14(24-16)19-10-7-11(20)18-15(19)21;1-2-15(9-20)12-11(22-16(23-12)6-3-4-7-16)13(24-15)19-8-5-10(17)18-14(19)21;2*1-2-15(9-19)12-11(22-16(23-12)6-3-4-7-16)13(24-15)18-8-5-10(20)17-14(18)21;1-2-11(5-15)8(17)7(16)9(19-11)14-4-3-6(12)13-10(14)18/h3,7,10,12-14H,1,4-6,8-9H2,2H3,(H2,18,19,21);3,7,10,12-14H,1,4-6,8-9H2,2H3,(H,18,20,21);2,5,8,11-13,20H,1,3-4,6-7,9H2,(H2,17,18,21);5,8,11-13,19H,2-4,6-7,9H2,1H3,(H,17,20,21);5,8-9,11-13H,2-4,6-7H2,1H3,(H,17,20,21);2-4,7-9,15-17H,1,5H2,(H2,12,13,18)/t2*12-,13+,14-,16-;11-,12+,13-,15-;2*11-,12+,13-,15+;7-,8+,9-,11-/m111111/s1. The molecule has 0 radical (unpaired) electrons. The van der Waals surface area contributed by atoms with Crippen LogP contribution in [0.3, 0.4) is 0 Å². The summed E-state index contributed by atoms with van der Waals surface area (Å²) in [6.45, 7) is 21.8. The van der Waals surface area contributed by atoms with Gasteiger partial charge < -0.3 is 123 Å². The predicted molar refractivity (Wildman–Crippen MR) is 486 cm³/mol. The zero-order valence-electron chi connectivity index (χ0n) is 77.7. The van der Waals surface area contributed by atoms with Crippen LogP contribution in [0.1, 0.15) is 219 Å². The molecule has 756 valence electrons. The normalized spacial score (nSPS) is 36.6. The van der Waals surface area contributed by atoms with Crippen LogP contribution < -0.4 is 68.0 Å². The molecule has 0 amide bonds. The molecule has 46 heteroatoms. The van der Waals surface area contributed by atoms with Gasteiger partial charge in [0.05, 0.1) is 19.8 Å². The molecule has 22 rings (SSSR count). The smallest absolute Gasteiger partial charge is 0.351 e. The van der Waals surface area contributed by atoms with Crippen LogP contribution in [-0.4, -0.2) is 245 Å². The van der Waals surface area contributed by atoms with Gasteiger partial charge in [-0.2, -0.15) is 15.0 Å². The lowest BCUT2D eigenvalue weighted by Crippen LogP contribution is -2.46. The Labute approximate surface area is 793 Å². The molecule has 11 aliphatic heterocycles. The molecule has 6 aromatic rings. The van der Waals surface area contributed by atoms with E-state index in [2.05, 4.69) is 56.2 Å². The van der Waals surface area contributed by atoms with Crippen LogP contribution in [-0.2, 0) is 80.6 Å². The van der Waals surface area contributed by atoms with Crippen molar-refractivity contribution in [3.05, 3.63) is 218 Å². The van der Waals surface area contributed by atoms with Crippen molar-refractivity contribution in [3.63, 3.8) is 0 Å². The number of hydrogen-bond acceptors (Lipinski definition) is 37. The third-order valence-corrected chi connectivity index (χ3v) is 30.2. The summed E-state index contributed by atoms with van der Waals surface area (Å²) in [5.41, 5.74) is 5.62. The molecule has 16 aliphatic rings. The highest BCUT2D eigenvalue weighted by atomic mass is 16.8. The van der Waals surface area contributed by atoms with Crippen molar-refractivity contribution in [2.75, 3.05) is 37.0 Å². The summed E-state index contributed by atoms with van der Waals surface area (Å²) in [5.74, 6) is -2.76. The highest BCUT2D eigenvalue weighted by molar-refractivity contribution is 5.65. The van der Waals surface area contributed by atoms with Gasteiger partial charge in [0.15, 0.2) is 78.2 Å². The van der Waals surface area contributed by atoms with Crippen molar-refractivity contribution in [2.45, 2.75) is 355 Å². The number of aliphatic hydroxyl groups excluding tert-OH is 5. The van der Waals surface area contributed by atoms with Gasteiger partial charge in [-0.05, 0) is 108 Å². The minimum atomic E-state index is -1.52. The number of fused-ring (bicyclic) bond motifs is 5. The van der Waals surface area contributed by atoms with Crippen molar-refractivity contribution in [1.29, 1.82) is 0 Å². The molecule has 46 nitrogen and oxygen atoms in total. The third kappa shape index (κ3) is 17.9. The minimum absolute atomic E-state index is 0.0337. The number of hydrogen-bond donors (Lipinski definition) is 11. The zero-order chi connectivity index (χ0) is 99.0. The van der Waals surface area contributed by atoms with E-state index in [-0.39, 0.29) is 49.0 Å². The van der Waals surface area contributed by atoms with E-state index in [0.717, 1.165) is 139 Å². The Bertz CT molecular complexity index is 5850. The summed E-state index contributed by atoms with van der Waals surface area (Å²) >= 11 is 0. The third-order valence-electron chi connectivity index (χ3n) is 30.2. The molecule has 17 heterocycles. The Morgan fingerprint density at radius 2 is 0.597 bits per heavy atom. The molecular formula is C93H123N15O31. The summed E-state index contributed by atoms with van der Waals surface area (Å²) in [6.07, 6.45) is 24.4. The summed E-state index contributed by atoms with van der Waals surface area (Å²) < 4.78 is 106. The molecular weight excluding hydrogens is 1820 g/mol. The van der Waals surface area contributed by atoms with E-state index >= 15 is 0 Å². The van der Waals surface area contributed by atoms with Crippen LogP contribution >= 0.6 is 0 Å². The number of nitrogens with one attached hydrogen (secondary N) is 3. The monoisotopic (exact) mass is 1950 g/mol. The van der Waals surface area contributed by atoms with Gasteiger partial charge in [0.1, 0.15) is 119 Å². The largest absolute Gasteiger partial charge is 0.393 e. The molecule has 5 aliphatic carbocycles. The first-order valence-electron chi connectivity index (χ1n) is 47.6. The van der Waals surface area contributed by atoms with Crippen molar-refractivity contribution >= 4 is 23.7 Å². The number of nitrogen functional groups attached to an aromatic ring is 3. The van der Waals surface area contributed by atoms with E-state index in [1.807, 2.05) is 27.7 Å². The molecule has 6 aromatic heterocycles. The molecule has 0 unspecified atom stereocenters. The number of carbonyl (C=O) groups is 1. The first-order chi connectivity index (χ1) is 66.6. The number of H-pyrrole nitrogens is 3. The second-order valence-corrected chi connectivity index (χ2v) is 38.0. The van der Waals surface area contributed by atoms with Crippen molar-refractivity contribution in [2.24, 2.45) is 0 Å². The number of rotatable bonds is 18. The van der Waals surface area contributed by atoms with Gasteiger partial charge in [0, 0.05) is 120 Å². The van der Waals surface area contributed by atoms with Gasteiger partial charge in [-0.25, -0.2) is 28.8 Å². The van der Waals surface area contributed by atoms with E-state index < -0.39 is 212 Å². The molecule has 14 N–H and O–H groups in total. The van der Waals surface area contributed by atoms with Gasteiger partial charge in [-0.15, -0.1) is 26.3 Å². The van der Waals surface area contributed by atoms with E-state index in [1.165, 1.54) is 96.3 Å². The zero-order valence-corrected chi connectivity index (χ0v) is 77.7. The van der Waals surface area contributed by atoms with Crippen molar-refractivity contribution in [1.82, 2.24) is 57.3 Å². The van der Waals surface area contributed by atoms with Gasteiger partial charge in [0.2, 0.25) is 0 Å². The number of anilines is 3. The lowest BCUT2D eigenvalue weighted by atomic mass is 9.92. The van der Waals surface area contributed by atoms with Crippen LogP contribution in [0.15, 0.2) is 167 Å². The number of aromatic nitrogens is 12. The molecule has 5 saturated carbocycles. The number of aromatic amines is 3. The number of aldehydes is 1. The van der Waals surface area contributed by atoms with Gasteiger partial charge >= 0.3 is 34.1 Å². The van der Waals surface area contributed by atoms with Crippen LogP contribution in [0.5, 0.6) is 0 Å². The Balaban J connectivity index is 0.000000115. The molecule has 16 fully saturated rings. The lowest BCUT2D eigenvalue weighted by Gasteiger charge is -2.33.